The molecule has 0 spiro atoms. The minimum atomic E-state index is 0.538. The summed E-state index contributed by atoms with van der Waals surface area (Å²) in [6.07, 6.45) is 3.15. The molecule has 0 aliphatic carbocycles. The molecule has 54 valence electrons. The van der Waals surface area contributed by atoms with Crippen LogP contribution >= 0.6 is 0 Å². The van der Waals surface area contributed by atoms with Crippen LogP contribution in [0.15, 0.2) is 28.0 Å². The van der Waals surface area contributed by atoms with E-state index in [1.165, 1.54) is 0 Å². The zero-order chi connectivity index (χ0) is 7.40. The summed E-state index contributed by atoms with van der Waals surface area (Å²) >= 11 is 0. The highest BCUT2D eigenvalue weighted by molar-refractivity contribution is 5.97. The van der Waals surface area contributed by atoms with Crippen molar-refractivity contribution in [3.8, 4) is 0 Å². The molecule has 1 aromatic rings. The van der Waals surface area contributed by atoms with Crippen LogP contribution in [0.4, 0.5) is 0 Å². The topological polar surface area (TPSA) is 51.5 Å². The molecule has 3 heteroatoms. The fourth-order valence-corrected chi connectivity index (χ4v) is 0.672. The maximum atomic E-state index is 5.54. The van der Waals surface area contributed by atoms with Crippen molar-refractivity contribution in [1.82, 2.24) is 0 Å². The third-order valence-corrected chi connectivity index (χ3v) is 1.15. The zero-order valence-corrected chi connectivity index (χ0v) is 5.87. The molecule has 0 saturated heterocycles. The van der Waals surface area contributed by atoms with Crippen LogP contribution in [0.1, 0.15) is 12.5 Å². The highest BCUT2D eigenvalue weighted by Crippen LogP contribution is 1.98. The minimum absolute atomic E-state index is 0.538. The average molecular weight is 138 g/mol. The van der Waals surface area contributed by atoms with E-state index in [1.54, 1.807) is 18.6 Å². The Hall–Kier alpha value is -1.25. The normalized spacial score (nSPS) is 11.9. The van der Waals surface area contributed by atoms with E-state index in [0.29, 0.717) is 12.4 Å². The third-order valence-electron chi connectivity index (χ3n) is 1.15. The molecule has 0 bridgehead atoms. The molecule has 0 radical (unpaired) electrons. The van der Waals surface area contributed by atoms with Gasteiger partial charge >= 0.3 is 0 Å². The zero-order valence-electron chi connectivity index (χ0n) is 5.87. The second kappa shape index (κ2) is 3.06. The van der Waals surface area contributed by atoms with Crippen molar-refractivity contribution in [1.29, 1.82) is 0 Å². The molecular weight excluding hydrogens is 128 g/mol. The number of nitrogens with zero attached hydrogens (tertiary/aromatic N) is 1. The first-order chi connectivity index (χ1) is 4.84. The fourth-order valence-electron chi connectivity index (χ4n) is 0.672. The van der Waals surface area contributed by atoms with Crippen molar-refractivity contribution in [2.75, 3.05) is 6.54 Å². The lowest BCUT2D eigenvalue weighted by molar-refractivity contribution is 0.567. The Bertz CT molecular complexity index is 214. The number of furan rings is 1. The first kappa shape index (κ1) is 6.86. The van der Waals surface area contributed by atoms with E-state index in [1.807, 2.05) is 6.92 Å². The Labute approximate surface area is 59.6 Å². The van der Waals surface area contributed by atoms with Gasteiger partial charge in [-0.15, -0.1) is 0 Å². The van der Waals surface area contributed by atoms with Gasteiger partial charge in [0.05, 0.1) is 11.8 Å². The van der Waals surface area contributed by atoms with Crippen LogP contribution in [0.25, 0.3) is 0 Å². The minimum Gasteiger partial charge on any atom is -0.472 e. The van der Waals surface area contributed by atoms with Gasteiger partial charge in [0.25, 0.3) is 0 Å². The smallest absolute Gasteiger partial charge is 0.128 e. The van der Waals surface area contributed by atoms with Gasteiger partial charge in [-0.05, 0) is 13.0 Å². The van der Waals surface area contributed by atoms with Crippen LogP contribution < -0.4 is 5.73 Å². The quantitative estimate of drug-likeness (QED) is 0.489. The van der Waals surface area contributed by atoms with Gasteiger partial charge in [0, 0.05) is 6.54 Å². The summed E-state index contributed by atoms with van der Waals surface area (Å²) in [4.78, 5) is 4.00. The molecule has 2 N–H and O–H groups in total. The Kier molecular flexibility index (Phi) is 2.10. The Morgan fingerprint density at radius 2 is 2.60 bits per heavy atom. The van der Waals surface area contributed by atoms with Crippen molar-refractivity contribution >= 4 is 5.84 Å². The van der Waals surface area contributed by atoms with E-state index < -0.39 is 0 Å². The lowest BCUT2D eigenvalue weighted by Crippen LogP contribution is -2.12. The van der Waals surface area contributed by atoms with Crippen LogP contribution in [0.3, 0.4) is 0 Å². The van der Waals surface area contributed by atoms with Crippen molar-refractivity contribution in [2.45, 2.75) is 6.92 Å². The van der Waals surface area contributed by atoms with Crippen LogP contribution in [-0.2, 0) is 0 Å². The molecule has 1 aromatic heterocycles. The Balaban J connectivity index is 2.77. The summed E-state index contributed by atoms with van der Waals surface area (Å²) in [6.45, 7) is 2.64. The van der Waals surface area contributed by atoms with E-state index in [9.17, 15) is 0 Å². The van der Waals surface area contributed by atoms with E-state index in [0.717, 1.165) is 5.56 Å². The molecular formula is C7H10N2O. The SMILES string of the molecule is CCN=C(N)c1ccoc1. The summed E-state index contributed by atoms with van der Waals surface area (Å²) in [5, 5.41) is 0. The van der Waals surface area contributed by atoms with Crippen LogP contribution in [-0.4, -0.2) is 12.4 Å². The molecule has 0 fully saturated rings. The standard InChI is InChI=1S/C7H10N2O/c1-2-9-7(8)6-3-4-10-5-6/h3-5H,2H2,1H3,(H2,8,9). The predicted molar refractivity (Wildman–Crippen MR) is 40.0 cm³/mol. The maximum Gasteiger partial charge on any atom is 0.128 e. The van der Waals surface area contributed by atoms with Crippen molar-refractivity contribution in [3.63, 3.8) is 0 Å². The second-order valence-electron chi connectivity index (χ2n) is 1.87. The van der Waals surface area contributed by atoms with Gasteiger partial charge in [-0.3, -0.25) is 4.99 Å². The van der Waals surface area contributed by atoms with Crippen molar-refractivity contribution < 1.29 is 4.42 Å². The van der Waals surface area contributed by atoms with Crippen LogP contribution in [0.5, 0.6) is 0 Å². The van der Waals surface area contributed by atoms with E-state index in [4.69, 9.17) is 10.2 Å². The molecule has 0 aromatic carbocycles. The van der Waals surface area contributed by atoms with E-state index in [2.05, 4.69) is 4.99 Å². The van der Waals surface area contributed by atoms with Crippen molar-refractivity contribution in [3.05, 3.63) is 24.2 Å². The summed E-state index contributed by atoms with van der Waals surface area (Å²) in [7, 11) is 0. The van der Waals surface area contributed by atoms with Gasteiger partial charge in [-0.2, -0.15) is 0 Å². The number of nitrogens with two attached hydrogens (primary N) is 1. The molecule has 0 amide bonds. The second-order valence-corrected chi connectivity index (χ2v) is 1.87. The Morgan fingerprint density at radius 3 is 3.10 bits per heavy atom. The molecule has 0 atom stereocenters. The predicted octanol–water partition coefficient (Wildman–Crippen LogP) is 1.00. The Morgan fingerprint density at radius 1 is 1.80 bits per heavy atom. The molecule has 1 heterocycles. The number of hydrogen-bond donors (Lipinski definition) is 1. The monoisotopic (exact) mass is 138 g/mol. The number of rotatable bonds is 2. The molecule has 0 aliphatic heterocycles. The molecule has 10 heavy (non-hydrogen) atoms. The highest BCUT2D eigenvalue weighted by atomic mass is 16.3. The van der Waals surface area contributed by atoms with E-state index >= 15 is 0 Å². The average Bonchev–Trinajstić information content (AvgIpc) is 2.38. The lowest BCUT2D eigenvalue weighted by Gasteiger charge is -1.91. The summed E-state index contributed by atoms with van der Waals surface area (Å²) in [5.74, 6) is 0.538. The molecule has 0 saturated carbocycles. The van der Waals surface area contributed by atoms with Crippen molar-refractivity contribution in [2.24, 2.45) is 10.7 Å². The number of hydrogen-bond acceptors (Lipinski definition) is 2. The molecule has 0 aliphatic rings. The van der Waals surface area contributed by atoms with E-state index in [-0.39, 0.29) is 0 Å². The first-order valence-electron chi connectivity index (χ1n) is 3.17. The number of aliphatic imine (C=N–C) groups is 1. The van der Waals surface area contributed by atoms with Crippen LogP contribution in [0.2, 0.25) is 0 Å². The summed E-state index contributed by atoms with van der Waals surface area (Å²) < 4.78 is 4.82. The van der Waals surface area contributed by atoms with Gasteiger partial charge in [0.2, 0.25) is 0 Å². The third kappa shape index (κ3) is 1.37. The fraction of sp³-hybridized carbons (Fsp3) is 0.286. The van der Waals surface area contributed by atoms with Crippen LogP contribution in [0, 0.1) is 0 Å². The highest BCUT2D eigenvalue weighted by Gasteiger charge is 1.96. The van der Waals surface area contributed by atoms with Gasteiger partial charge in [-0.25, -0.2) is 0 Å². The number of amidine groups is 1. The molecule has 1 rings (SSSR count). The van der Waals surface area contributed by atoms with Gasteiger partial charge < -0.3 is 10.2 Å². The first-order valence-corrected chi connectivity index (χ1v) is 3.17. The summed E-state index contributed by atoms with van der Waals surface area (Å²) in [5.41, 5.74) is 6.39. The largest absolute Gasteiger partial charge is 0.472 e. The lowest BCUT2D eigenvalue weighted by atomic mass is 10.3. The molecule has 3 nitrogen and oxygen atoms in total. The van der Waals surface area contributed by atoms with Gasteiger partial charge in [-0.1, -0.05) is 0 Å². The molecule has 0 unspecified atom stereocenters. The maximum absolute atomic E-state index is 5.54. The summed E-state index contributed by atoms with van der Waals surface area (Å²) in [6, 6.07) is 1.79. The van der Waals surface area contributed by atoms with Gasteiger partial charge in [0.15, 0.2) is 0 Å². The van der Waals surface area contributed by atoms with Gasteiger partial charge in [0.1, 0.15) is 12.1 Å².